The monoisotopic (exact) mass is 312 g/mol. The Balaban J connectivity index is 1.77. The SMILES string of the molecule is CCSC1CCC(NC(=O)Nc2cnn(CC(=O)O)c2)C1. The molecule has 1 aromatic heterocycles. The molecule has 2 rings (SSSR count). The van der Waals surface area contributed by atoms with Crippen LogP contribution in [-0.2, 0) is 11.3 Å². The molecule has 0 aliphatic heterocycles. The van der Waals surface area contributed by atoms with Crippen molar-refractivity contribution in [1.82, 2.24) is 15.1 Å². The number of aliphatic carboxylic acids is 1. The maximum absolute atomic E-state index is 11.9. The van der Waals surface area contributed by atoms with Crippen LogP contribution < -0.4 is 10.6 Å². The molecule has 7 nitrogen and oxygen atoms in total. The molecule has 0 spiro atoms. The van der Waals surface area contributed by atoms with Gasteiger partial charge in [0.25, 0.3) is 0 Å². The lowest BCUT2D eigenvalue weighted by atomic mass is 10.2. The molecule has 1 fully saturated rings. The Labute approximate surface area is 127 Å². The fraction of sp³-hybridized carbons (Fsp3) is 0.615. The summed E-state index contributed by atoms with van der Waals surface area (Å²) in [5, 5.41) is 18.8. The minimum absolute atomic E-state index is 0.211. The van der Waals surface area contributed by atoms with Crippen molar-refractivity contribution in [1.29, 1.82) is 0 Å². The maximum atomic E-state index is 11.9. The van der Waals surface area contributed by atoms with Gasteiger partial charge in [0, 0.05) is 17.5 Å². The van der Waals surface area contributed by atoms with Crippen molar-refractivity contribution in [3.63, 3.8) is 0 Å². The Bertz CT molecular complexity index is 505. The molecule has 0 bridgehead atoms. The molecule has 0 radical (unpaired) electrons. The van der Waals surface area contributed by atoms with Gasteiger partial charge in [-0.15, -0.1) is 0 Å². The predicted molar refractivity (Wildman–Crippen MR) is 81.6 cm³/mol. The van der Waals surface area contributed by atoms with E-state index in [1.807, 2.05) is 11.8 Å². The number of urea groups is 1. The molecule has 1 aliphatic rings. The first kappa shape index (κ1) is 15.7. The number of hydrogen-bond donors (Lipinski definition) is 3. The number of carbonyl (C=O) groups is 2. The summed E-state index contributed by atoms with van der Waals surface area (Å²) in [4.78, 5) is 22.4. The maximum Gasteiger partial charge on any atom is 0.325 e. The summed E-state index contributed by atoms with van der Waals surface area (Å²) >= 11 is 1.94. The zero-order valence-electron chi connectivity index (χ0n) is 11.9. The van der Waals surface area contributed by atoms with Gasteiger partial charge in [-0.3, -0.25) is 9.48 Å². The molecule has 2 amide bonds. The third-order valence-electron chi connectivity index (χ3n) is 3.31. The normalized spacial score (nSPS) is 21.2. The number of nitrogens with zero attached hydrogens (tertiary/aromatic N) is 2. The first-order valence-corrected chi connectivity index (χ1v) is 8.05. The van der Waals surface area contributed by atoms with Gasteiger partial charge in [-0.05, 0) is 25.0 Å². The van der Waals surface area contributed by atoms with E-state index in [0.717, 1.165) is 25.0 Å². The molecule has 21 heavy (non-hydrogen) atoms. The van der Waals surface area contributed by atoms with Crippen molar-refractivity contribution in [3.8, 4) is 0 Å². The number of aromatic nitrogens is 2. The van der Waals surface area contributed by atoms with Crippen LogP contribution in [-0.4, -0.2) is 43.9 Å². The van der Waals surface area contributed by atoms with E-state index in [-0.39, 0.29) is 18.6 Å². The summed E-state index contributed by atoms with van der Waals surface area (Å²) in [6.45, 7) is 1.93. The lowest BCUT2D eigenvalue weighted by Gasteiger charge is -2.13. The van der Waals surface area contributed by atoms with E-state index in [4.69, 9.17) is 5.11 Å². The molecule has 2 unspecified atom stereocenters. The molecule has 3 N–H and O–H groups in total. The van der Waals surface area contributed by atoms with Gasteiger partial charge >= 0.3 is 12.0 Å². The molecular weight excluding hydrogens is 292 g/mol. The molecule has 1 aliphatic carbocycles. The average Bonchev–Trinajstić information content (AvgIpc) is 2.99. The van der Waals surface area contributed by atoms with E-state index in [9.17, 15) is 9.59 Å². The molecule has 1 aromatic rings. The highest BCUT2D eigenvalue weighted by molar-refractivity contribution is 7.99. The third-order valence-corrected chi connectivity index (χ3v) is 4.54. The molecule has 116 valence electrons. The van der Waals surface area contributed by atoms with E-state index in [0.29, 0.717) is 10.9 Å². The van der Waals surface area contributed by atoms with Gasteiger partial charge in [0.1, 0.15) is 6.54 Å². The second-order valence-corrected chi connectivity index (χ2v) is 6.58. The Kier molecular flexibility index (Phi) is 5.49. The molecule has 0 aromatic carbocycles. The molecule has 0 saturated heterocycles. The number of thioether (sulfide) groups is 1. The second kappa shape index (κ2) is 7.35. The van der Waals surface area contributed by atoms with E-state index in [2.05, 4.69) is 22.7 Å². The predicted octanol–water partition coefficient (Wildman–Crippen LogP) is 1.76. The van der Waals surface area contributed by atoms with E-state index in [1.165, 1.54) is 17.1 Å². The highest BCUT2D eigenvalue weighted by Gasteiger charge is 2.25. The van der Waals surface area contributed by atoms with Crippen molar-refractivity contribution < 1.29 is 14.7 Å². The first-order chi connectivity index (χ1) is 10.1. The number of carbonyl (C=O) groups excluding carboxylic acids is 1. The number of hydrogen-bond acceptors (Lipinski definition) is 4. The molecule has 1 heterocycles. The van der Waals surface area contributed by atoms with Crippen molar-refractivity contribution >= 4 is 29.4 Å². The largest absolute Gasteiger partial charge is 0.480 e. The van der Waals surface area contributed by atoms with Crippen LogP contribution in [0.15, 0.2) is 12.4 Å². The number of nitrogens with one attached hydrogen (secondary N) is 2. The molecule has 2 atom stereocenters. The second-order valence-electron chi connectivity index (χ2n) is 5.01. The highest BCUT2D eigenvalue weighted by atomic mass is 32.2. The minimum atomic E-state index is -0.973. The van der Waals surface area contributed by atoms with Crippen molar-refractivity contribution in [2.75, 3.05) is 11.1 Å². The van der Waals surface area contributed by atoms with Crippen LogP contribution in [0.2, 0.25) is 0 Å². The molecule has 1 saturated carbocycles. The van der Waals surface area contributed by atoms with E-state index >= 15 is 0 Å². The minimum Gasteiger partial charge on any atom is -0.480 e. The van der Waals surface area contributed by atoms with Crippen LogP contribution in [0.5, 0.6) is 0 Å². The van der Waals surface area contributed by atoms with E-state index < -0.39 is 5.97 Å². The zero-order chi connectivity index (χ0) is 15.2. The quantitative estimate of drug-likeness (QED) is 0.744. The van der Waals surface area contributed by atoms with Gasteiger partial charge in [0.2, 0.25) is 0 Å². The third kappa shape index (κ3) is 4.96. The number of anilines is 1. The summed E-state index contributed by atoms with van der Waals surface area (Å²) in [5.74, 6) is 0.131. The lowest BCUT2D eigenvalue weighted by molar-refractivity contribution is -0.137. The summed E-state index contributed by atoms with van der Waals surface area (Å²) in [5.41, 5.74) is 0.492. The Morgan fingerprint density at radius 3 is 3.05 bits per heavy atom. The van der Waals surface area contributed by atoms with Gasteiger partial charge < -0.3 is 15.7 Å². The Morgan fingerprint density at radius 2 is 2.33 bits per heavy atom. The summed E-state index contributed by atoms with van der Waals surface area (Å²) in [6, 6.07) is -0.0554. The van der Waals surface area contributed by atoms with Gasteiger partial charge in [-0.25, -0.2) is 4.79 Å². The molecule has 8 heteroatoms. The topological polar surface area (TPSA) is 96.3 Å². The van der Waals surface area contributed by atoms with Gasteiger partial charge in [0.05, 0.1) is 11.9 Å². The summed E-state index contributed by atoms with van der Waals surface area (Å²) < 4.78 is 1.27. The van der Waals surface area contributed by atoms with Crippen LogP contribution in [0, 0.1) is 0 Å². The Morgan fingerprint density at radius 1 is 1.52 bits per heavy atom. The first-order valence-electron chi connectivity index (χ1n) is 7.00. The van der Waals surface area contributed by atoms with Gasteiger partial charge in [-0.1, -0.05) is 6.92 Å². The Hall–Kier alpha value is -1.70. The highest BCUT2D eigenvalue weighted by Crippen LogP contribution is 2.29. The van der Waals surface area contributed by atoms with Crippen molar-refractivity contribution in [2.45, 2.75) is 44.0 Å². The number of amides is 2. The van der Waals surface area contributed by atoms with Crippen molar-refractivity contribution in [2.24, 2.45) is 0 Å². The van der Waals surface area contributed by atoms with Crippen LogP contribution in [0.1, 0.15) is 26.2 Å². The number of carboxylic acid groups (broad SMARTS) is 1. The fourth-order valence-corrected chi connectivity index (χ4v) is 3.61. The zero-order valence-corrected chi connectivity index (χ0v) is 12.7. The van der Waals surface area contributed by atoms with Gasteiger partial charge in [0.15, 0.2) is 0 Å². The van der Waals surface area contributed by atoms with Crippen LogP contribution >= 0.6 is 11.8 Å². The van der Waals surface area contributed by atoms with Crippen molar-refractivity contribution in [3.05, 3.63) is 12.4 Å². The summed E-state index contributed by atoms with van der Waals surface area (Å²) in [6.07, 6.45) is 6.08. The van der Waals surface area contributed by atoms with Crippen LogP contribution in [0.25, 0.3) is 0 Å². The van der Waals surface area contributed by atoms with Crippen LogP contribution in [0.3, 0.4) is 0 Å². The molecular formula is C13H20N4O3S. The lowest BCUT2D eigenvalue weighted by Crippen LogP contribution is -2.36. The standard InChI is InChI=1S/C13H20N4O3S/c1-2-21-11-4-3-9(5-11)15-13(20)16-10-6-14-17(7-10)8-12(18)19/h6-7,9,11H,2-5,8H2,1H3,(H,18,19)(H2,15,16,20). The number of rotatable bonds is 6. The fourth-order valence-electron chi connectivity index (χ4n) is 2.46. The van der Waals surface area contributed by atoms with Crippen LogP contribution in [0.4, 0.5) is 10.5 Å². The smallest absolute Gasteiger partial charge is 0.325 e. The van der Waals surface area contributed by atoms with Gasteiger partial charge in [-0.2, -0.15) is 16.9 Å². The summed E-state index contributed by atoms with van der Waals surface area (Å²) in [7, 11) is 0. The van der Waals surface area contributed by atoms with E-state index in [1.54, 1.807) is 0 Å². The number of carboxylic acids is 1. The average molecular weight is 312 g/mol.